The van der Waals surface area contributed by atoms with Crippen molar-refractivity contribution in [2.75, 3.05) is 27.5 Å². The molecule has 1 amide bonds. The fraction of sp³-hybridized carbons (Fsp3) is 0.286. The van der Waals surface area contributed by atoms with Gasteiger partial charge in [0, 0.05) is 32.0 Å². The number of phenols is 1. The largest absolute Gasteiger partial charge is 0.507 e. The molecule has 27 heavy (non-hydrogen) atoms. The van der Waals surface area contributed by atoms with Crippen LogP contribution >= 0.6 is 11.8 Å². The number of amides is 1. The first-order chi connectivity index (χ1) is 12.9. The van der Waals surface area contributed by atoms with Crippen molar-refractivity contribution >= 4 is 28.6 Å². The Hall–Kier alpha value is -2.60. The highest BCUT2D eigenvalue weighted by Crippen LogP contribution is 2.43. The molecule has 2 aromatic carbocycles. The highest BCUT2D eigenvalue weighted by atomic mass is 32.2. The lowest BCUT2D eigenvalue weighted by atomic mass is 10.1. The van der Waals surface area contributed by atoms with Crippen molar-refractivity contribution in [2.24, 2.45) is 0 Å². The molecule has 1 heterocycles. The first-order valence-corrected chi connectivity index (χ1v) is 9.84. The summed E-state index contributed by atoms with van der Waals surface area (Å²) in [5.41, 5.74) is 2.47. The van der Waals surface area contributed by atoms with Crippen LogP contribution in [0.2, 0.25) is 0 Å². The fourth-order valence-corrected chi connectivity index (χ4v) is 3.68. The second-order valence-electron chi connectivity index (χ2n) is 6.47. The summed E-state index contributed by atoms with van der Waals surface area (Å²) in [6.45, 7) is 0. The maximum absolute atomic E-state index is 11.8. The van der Waals surface area contributed by atoms with Crippen LogP contribution in [-0.4, -0.2) is 43.4 Å². The number of hydrogen-bond donors (Lipinski definition) is 1. The monoisotopic (exact) mass is 385 g/mol. The van der Waals surface area contributed by atoms with Crippen molar-refractivity contribution in [1.29, 1.82) is 0 Å². The third kappa shape index (κ3) is 3.90. The number of fused-ring (bicyclic) bond motifs is 1. The van der Waals surface area contributed by atoms with Crippen LogP contribution in [0.15, 0.2) is 45.7 Å². The highest BCUT2D eigenvalue weighted by molar-refractivity contribution is 7.99. The Morgan fingerprint density at radius 1 is 1.22 bits per heavy atom. The van der Waals surface area contributed by atoms with E-state index < -0.39 is 0 Å². The minimum Gasteiger partial charge on any atom is -0.507 e. The number of methoxy groups -OCH3 is 1. The zero-order valence-corrected chi connectivity index (χ0v) is 16.7. The van der Waals surface area contributed by atoms with Crippen LogP contribution in [0.3, 0.4) is 0 Å². The molecule has 0 saturated carbocycles. The molecule has 1 aromatic heterocycles. The van der Waals surface area contributed by atoms with E-state index >= 15 is 0 Å². The zero-order chi connectivity index (χ0) is 19.6. The average molecular weight is 385 g/mol. The van der Waals surface area contributed by atoms with Crippen LogP contribution in [0, 0.1) is 0 Å². The molecule has 0 spiro atoms. The SMILES string of the molecule is COc1ccc(-c2oc3ccc(CCC(=O)N(C)C)cc3c2SC)c(O)c1. The Kier molecular flexibility index (Phi) is 5.65. The number of benzene rings is 2. The van der Waals surface area contributed by atoms with Crippen molar-refractivity contribution in [3.63, 3.8) is 0 Å². The molecule has 3 aromatic rings. The minimum atomic E-state index is 0.108. The van der Waals surface area contributed by atoms with Crippen molar-refractivity contribution < 1.29 is 19.1 Å². The van der Waals surface area contributed by atoms with E-state index in [-0.39, 0.29) is 11.7 Å². The number of thioether (sulfide) groups is 1. The van der Waals surface area contributed by atoms with Gasteiger partial charge < -0.3 is 19.2 Å². The molecule has 0 radical (unpaired) electrons. The zero-order valence-electron chi connectivity index (χ0n) is 15.9. The summed E-state index contributed by atoms with van der Waals surface area (Å²) < 4.78 is 11.2. The molecule has 0 saturated heterocycles. The van der Waals surface area contributed by atoms with Gasteiger partial charge >= 0.3 is 0 Å². The molecule has 3 rings (SSSR count). The van der Waals surface area contributed by atoms with E-state index in [2.05, 4.69) is 6.07 Å². The maximum Gasteiger partial charge on any atom is 0.222 e. The van der Waals surface area contributed by atoms with E-state index in [9.17, 15) is 9.90 Å². The van der Waals surface area contributed by atoms with Crippen LogP contribution in [0.5, 0.6) is 11.5 Å². The minimum absolute atomic E-state index is 0.108. The lowest BCUT2D eigenvalue weighted by Crippen LogP contribution is -2.21. The molecule has 0 unspecified atom stereocenters. The molecule has 0 fully saturated rings. The van der Waals surface area contributed by atoms with Gasteiger partial charge in [-0.2, -0.15) is 0 Å². The Morgan fingerprint density at radius 3 is 2.63 bits per heavy atom. The quantitative estimate of drug-likeness (QED) is 0.631. The number of hydrogen-bond acceptors (Lipinski definition) is 5. The van der Waals surface area contributed by atoms with Gasteiger partial charge in [0.25, 0.3) is 0 Å². The molecule has 142 valence electrons. The summed E-state index contributed by atoms with van der Waals surface area (Å²) >= 11 is 1.57. The number of ether oxygens (including phenoxy) is 1. The van der Waals surface area contributed by atoms with Crippen LogP contribution in [0.4, 0.5) is 0 Å². The molecule has 1 N–H and O–H groups in total. The second-order valence-corrected chi connectivity index (χ2v) is 7.28. The van der Waals surface area contributed by atoms with E-state index in [0.29, 0.717) is 29.9 Å². The van der Waals surface area contributed by atoms with Gasteiger partial charge in [-0.05, 0) is 42.5 Å². The first-order valence-electron chi connectivity index (χ1n) is 8.61. The summed E-state index contributed by atoms with van der Waals surface area (Å²) in [6, 6.07) is 11.1. The summed E-state index contributed by atoms with van der Waals surface area (Å²) in [5, 5.41) is 11.4. The Bertz CT molecular complexity index is 978. The summed E-state index contributed by atoms with van der Waals surface area (Å²) in [6.07, 6.45) is 3.13. The van der Waals surface area contributed by atoms with Gasteiger partial charge in [0.15, 0.2) is 5.76 Å². The number of rotatable bonds is 6. The Morgan fingerprint density at radius 2 is 2.00 bits per heavy atom. The fourth-order valence-electron chi connectivity index (χ4n) is 2.96. The molecule has 0 bridgehead atoms. The number of aryl methyl sites for hydroxylation is 1. The van der Waals surface area contributed by atoms with Crippen molar-refractivity contribution in [1.82, 2.24) is 4.90 Å². The lowest BCUT2D eigenvalue weighted by Gasteiger charge is -2.09. The molecule has 0 aliphatic heterocycles. The van der Waals surface area contributed by atoms with Crippen molar-refractivity contribution in [3.05, 3.63) is 42.0 Å². The standard InChI is InChI=1S/C21H23NO4S/c1-22(2)19(24)10-6-13-5-9-18-16(11-13)21(27-4)20(26-18)15-8-7-14(25-3)12-17(15)23/h5,7-9,11-12,23H,6,10H2,1-4H3. The summed E-state index contributed by atoms with van der Waals surface area (Å²) in [7, 11) is 5.09. The highest BCUT2D eigenvalue weighted by Gasteiger charge is 2.19. The van der Waals surface area contributed by atoms with E-state index in [1.165, 1.54) is 0 Å². The average Bonchev–Trinajstić information content (AvgIpc) is 3.03. The smallest absolute Gasteiger partial charge is 0.222 e. The Labute approximate surface area is 162 Å². The maximum atomic E-state index is 11.8. The van der Waals surface area contributed by atoms with E-state index in [1.807, 2.05) is 18.4 Å². The molecular weight excluding hydrogens is 362 g/mol. The molecule has 0 atom stereocenters. The normalized spacial score (nSPS) is 11.0. The lowest BCUT2D eigenvalue weighted by molar-refractivity contribution is -0.128. The Balaban J connectivity index is 2.00. The van der Waals surface area contributed by atoms with Crippen LogP contribution < -0.4 is 4.74 Å². The van der Waals surface area contributed by atoms with E-state index in [0.717, 1.165) is 21.4 Å². The third-order valence-corrected chi connectivity index (χ3v) is 5.30. The van der Waals surface area contributed by atoms with E-state index in [1.54, 1.807) is 56.1 Å². The number of aromatic hydroxyl groups is 1. The van der Waals surface area contributed by atoms with Crippen LogP contribution in [0.25, 0.3) is 22.3 Å². The van der Waals surface area contributed by atoms with Crippen molar-refractivity contribution in [3.8, 4) is 22.8 Å². The van der Waals surface area contributed by atoms with Gasteiger partial charge in [-0.3, -0.25) is 4.79 Å². The van der Waals surface area contributed by atoms with Crippen LogP contribution in [0.1, 0.15) is 12.0 Å². The second kappa shape index (κ2) is 7.96. The molecule has 0 aliphatic carbocycles. The summed E-state index contributed by atoms with van der Waals surface area (Å²) in [4.78, 5) is 14.4. The molecule has 0 aliphatic rings. The number of phenolic OH excluding ortho intramolecular Hbond substituents is 1. The topological polar surface area (TPSA) is 62.9 Å². The number of carbonyl (C=O) groups excluding carboxylic acids is 1. The van der Waals surface area contributed by atoms with Gasteiger partial charge in [-0.25, -0.2) is 0 Å². The van der Waals surface area contributed by atoms with Gasteiger partial charge in [-0.15, -0.1) is 11.8 Å². The molecule has 5 nitrogen and oxygen atoms in total. The predicted molar refractivity (Wildman–Crippen MR) is 109 cm³/mol. The number of carbonyl (C=O) groups is 1. The van der Waals surface area contributed by atoms with Gasteiger partial charge in [0.1, 0.15) is 17.1 Å². The van der Waals surface area contributed by atoms with Gasteiger partial charge in [0.05, 0.1) is 17.6 Å². The van der Waals surface area contributed by atoms with E-state index in [4.69, 9.17) is 9.15 Å². The molecular formula is C21H23NO4S. The predicted octanol–water partition coefficient (Wildman–Crippen LogP) is 4.56. The van der Waals surface area contributed by atoms with Crippen molar-refractivity contribution in [2.45, 2.75) is 17.7 Å². The number of furan rings is 1. The van der Waals surface area contributed by atoms with Crippen LogP contribution in [-0.2, 0) is 11.2 Å². The van der Waals surface area contributed by atoms with Gasteiger partial charge in [0.2, 0.25) is 5.91 Å². The number of nitrogens with zero attached hydrogens (tertiary/aromatic N) is 1. The first kappa shape index (κ1) is 19.2. The van der Waals surface area contributed by atoms with Gasteiger partial charge in [-0.1, -0.05) is 6.07 Å². The molecule has 6 heteroatoms. The summed E-state index contributed by atoms with van der Waals surface area (Å²) in [5.74, 6) is 1.45. The third-order valence-electron chi connectivity index (χ3n) is 4.49.